The first-order chi connectivity index (χ1) is 9.22. The van der Waals surface area contributed by atoms with Gasteiger partial charge in [-0.1, -0.05) is 36.4 Å². The molecule has 0 saturated carbocycles. The van der Waals surface area contributed by atoms with Gasteiger partial charge in [-0.15, -0.1) is 0 Å². The molecular formula is C15H14Br2OS. The Hall–Kier alpha value is -0.450. The lowest BCUT2D eigenvalue weighted by Crippen LogP contribution is -2.12. The van der Waals surface area contributed by atoms with E-state index in [2.05, 4.69) is 56.6 Å². The first-order valence-electron chi connectivity index (χ1n) is 5.95. The van der Waals surface area contributed by atoms with Crippen molar-refractivity contribution < 1.29 is 4.74 Å². The first-order valence-corrected chi connectivity index (χ1v) is 8.17. The molecule has 4 heteroatoms. The maximum Gasteiger partial charge on any atom is 0.147 e. The van der Waals surface area contributed by atoms with Gasteiger partial charge >= 0.3 is 0 Å². The zero-order valence-electron chi connectivity index (χ0n) is 10.2. The van der Waals surface area contributed by atoms with Crippen molar-refractivity contribution in [2.45, 2.75) is 5.92 Å². The van der Waals surface area contributed by atoms with Crippen LogP contribution < -0.4 is 4.74 Å². The van der Waals surface area contributed by atoms with Crippen LogP contribution in [0.1, 0.15) is 11.5 Å². The van der Waals surface area contributed by atoms with Crippen LogP contribution in [0.3, 0.4) is 0 Å². The molecule has 2 rings (SSSR count). The van der Waals surface area contributed by atoms with Gasteiger partial charge in [0.2, 0.25) is 0 Å². The molecule has 2 aromatic carbocycles. The predicted octanol–water partition coefficient (Wildman–Crippen LogP) is 5.30. The van der Waals surface area contributed by atoms with Crippen molar-refractivity contribution in [3.63, 3.8) is 0 Å². The molecule has 19 heavy (non-hydrogen) atoms. The highest BCUT2D eigenvalue weighted by molar-refractivity contribution is 9.11. The van der Waals surface area contributed by atoms with Crippen LogP contribution in [-0.4, -0.2) is 12.4 Å². The molecule has 0 fully saturated rings. The fourth-order valence-electron chi connectivity index (χ4n) is 1.78. The van der Waals surface area contributed by atoms with Gasteiger partial charge < -0.3 is 4.74 Å². The van der Waals surface area contributed by atoms with Crippen LogP contribution in [0.4, 0.5) is 0 Å². The third-order valence-corrected chi connectivity index (χ3v) is 4.53. The summed E-state index contributed by atoms with van der Waals surface area (Å²) in [6.45, 7) is 0.606. The summed E-state index contributed by atoms with van der Waals surface area (Å²) < 4.78 is 7.84. The molecule has 0 heterocycles. The van der Waals surface area contributed by atoms with Crippen LogP contribution in [-0.2, 0) is 0 Å². The van der Waals surface area contributed by atoms with E-state index in [1.807, 2.05) is 36.4 Å². The lowest BCUT2D eigenvalue weighted by atomic mass is 10.0. The second kappa shape index (κ2) is 7.36. The normalized spacial score (nSPS) is 12.2. The lowest BCUT2D eigenvalue weighted by Gasteiger charge is -2.17. The van der Waals surface area contributed by atoms with Crippen molar-refractivity contribution in [1.82, 2.24) is 0 Å². The van der Waals surface area contributed by atoms with E-state index in [0.29, 0.717) is 6.61 Å². The van der Waals surface area contributed by atoms with Gasteiger partial charge in [0.05, 0.1) is 15.6 Å². The molecule has 0 amide bonds. The van der Waals surface area contributed by atoms with Crippen molar-refractivity contribution >= 4 is 44.5 Å². The minimum absolute atomic E-state index is 0.281. The molecule has 2 aromatic rings. The van der Waals surface area contributed by atoms with E-state index < -0.39 is 0 Å². The Morgan fingerprint density at radius 3 is 2.16 bits per heavy atom. The molecule has 0 aromatic heterocycles. The van der Waals surface area contributed by atoms with Gasteiger partial charge in [0.15, 0.2) is 0 Å². The summed E-state index contributed by atoms with van der Waals surface area (Å²) >= 11 is 11.4. The fraction of sp³-hybridized carbons (Fsp3) is 0.200. The molecule has 0 aliphatic heterocycles. The number of halogens is 2. The van der Waals surface area contributed by atoms with Gasteiger partial charge in [0.1, 0.15) is 5.75 Å². The number of hydrogen-bond donors (Lipinski definition) is 1. The molecule has 0 radical (unpaired) electrons. The molecule has 0 aliphatic carbocycles. The molecule has 100 valence electrons. The van der Waals surface area contributed by atoms with E-state index in [9.17, 15) is 0 Å². The summed E-state index contributed by atoms with van der Waals surface area (Å²) in [6, 6.07) is 16.2. The quantitative estimate of drug-likeness (QED) is 0.668. The van der Waals surface area contributed by atoms with E-state index in [0.717, 1.165) is 20.4 Å². The molecule has 0 aliphatic rings. The Morgan fingerprint density at radius 2 is 1.58 bits per heavy atom. The zero-order valence-corrected chi connectivity index (χ0v) is 14.3. The fourth-order valence-corrected chi connectivity index (χ4v) is 3.33. The van der Waals surface area contributed by atoms with Gasteiger partial charge in [-0.2, -0.15) is 12.6 Å². The van der Waals surface area contributed by atoms with Crippen LogP contribution in [0.25, 0.3) is 0 Å². The van der Waals surface area contributed by atoms with Crippen molar-refractivity contribution in [3.8, 4) is 5.75 Å². The molecule has 0 spiro atoms. The summed E-state index contributed by atoms with van der Waals surface area (Å²) in [5.41, 5.74) is 1.25. The minimum Gasteiger partial charge on any atom is -0.491 e. The third kappa shape index (κ3) is 4.01. The Labute approximate surface area is 136 Å². The third-order valence-electron chi connectivity index (χ3n) is 2.84. The van der Waals surface area contributed by atoms with E-state index in [1.165, 1.54) is 5.56 Å². The molecule has 1 unspecified atom stereocenters. The maximum absolute atomic E-state index is 5.93. The highest BCUT2D eigenvalue weighted by Crippen LogP contribution is 2.34. The molecule has 0 saturated heterocycles. The number of benzene rings is 2. The Bertz CT molecular complexity index is 511. The molecule has 0 N–H and O–H groups in total. The SMILES string of the molecule is SCC(COc1c(Br)cccc1Br)c1ccccc1. The number of para-hydroxylation sites is 1. The standard InChI is InChI=1S/C15H14Br2OS/c16-13-7-4-8-14(17)15(13)18-9-12(10-19)11-5-2-1-3-6-11/h1-8,12,19H,9-10H2. The van der Waals surface area contributed by atoms with Crippen molar-refractivity contribution in [3.05, 3.63) is 63.0 Å². The summed E-state index contributed by atoms with van der Waals surface area (Å²) in [6.07, 6.45) is 0. The number of ether oxygens (including phenoxy) is 1. The van der Waals surface area contributed by atoms with Gasteiger partial charge in [-0.05, 0) is 49.6 Å². The first kappa shape index (κ1) is 14.9. The zero-order chi connectivity index (χ0) is 13.7. The van der Waals surface area contributed by atoms with E-state index >= 15 is 0 Å². The van der Waals surface area contributed by atoms with Crippen LogP contribution in [0.2, 0.25) is 0 Å². The molecule has 1 nitrogen and oxygen atoms in total. The van der Waals surface area contributed by atoms with Gasteiger partial charge in [-0.3, -0.25) is 0 Å². The van der Waals surface area contributed by atoms with Crippen LogP contribution >= 0.6 is 44.5 Å². The molecular weight excluding hydrogens is 388 g/mol. The summed E-state index contributed by atoms with van der Waals surface area (Å²) in [5, 5.41) is 0. The van der Waals surface area contributed by atoms with Gasteiger partial charge in [-0.25, -0.2) is 0 Å². The Kier molecular flexibility index (Phi) is 5.79. The largest absolute Gasteiger partial charge is 0.491 e. The van der Waals surface area contributed by atoms with Crippen LogP contribution in [0, 0.1) is 0 Å². The number of hydrogen-bond acceptors (Lipinski definition) is 2. The Balaban J connectivity index is 2.09. The van der Waals surface area contributed by atoms with E-state index in [-0.39, 0.29) is 5.92 Å². The van der Waals surface area contributed by atoms with Crippen LogP contribution in [0.5, 0.6) is 5.75 Å². The van der Waals surface area contributed by atoms with Crippen molar-refractivity contribution in [2.75, 3.05) is 12.4 Å². The van der Waals surface area contributed by atoms with Crippen LogP contribution in [0.15, 0.2) is 57.5 Å². The summed E-state index contributed by atoms with van der Waals surface area (Å²) in [5.74, 6) is 1.88. The van der Waals surface area contributed by atoms with E-state index in [1.54, 1.807) is 0 Å². The van der Waals surface area contributed by atoms with Gasteiger partial charge in [0.25, 0.3) is 0 Å². The smallest absolute Gasteiger partial charge is 0.147 e. The van der Waals surface area contributed by atoms with E-state index in [4.69, 9.17) is 4.74 Å². The second-order valence-corrected chi connectivity index (χ2v) is 6.23. The highest BCUT2D eigenvalue weighted by atomic mass is 79.9. The Morgan fingerprint density at radius 1 is 0.947 bits per heavy atom. The summed E-state index contributed by atoms with van der Waals surface area (Å²) in [7, 11) is 0. The maximum atomic E-state index is 5.93. The monoisotopic (exact) mass is 400 g/mol. The van der Waals surface area contributed by atoms with Gasteiger partial charge in [0, 0.05) is 11.7 Å². The lowest BCUT2D eigenvalue weighted by molar-refractivity contribution is 0.294. The topological polar surface area (TPSA) is 9.23 Å². The van der Waals surface area contributed by atoms with Crippen molar-refractivity contribution in [2.24, 2.45) is 0 Å². The highest BCUT2D eigenvalue weighted by Gasteiger charge is 2.13. The molecule has 0 bridgehead atoms. The average Bonchev–Trinajstić information content (AvgIpc) is 2.43. The predicted molar refractivity (Wildman–Crippen MR) is 90.4 cm³/mol. The number of rotatable bonds is 5. The second-order valence-electron chi connectivity index (χ2n) is 4.15. The average molecular weight is 402 g/mol. The minimum atomic E-state index is 0.281. The summed E-state index contributed by atoms with van der Waals surface area (Å²) in [4.78, 5) is 0. The molecule has 1 atom stereocenters. The van der Waals surface area contributed by atoms with Crippen molar-refractivity contribution in [1.29, 1.82) is 0 Å². The number of thiol groups is 1.